The topological polar surface area (TPSA) is 84.5 Å². The Morgan fingerprint density at radius 2 is 2.33 bits per heavy atom. The number of nitrogens with zero attached hydrogens (tertiary/aromatic N) is 2. The van der Waals surface area contributed by atoms with Crippen molar-refractivity contribution in [2.75, 3.05) is 13.2 Å². The standard InChI is InChI=1S/C22H19N3O4S/c1-2-28-22(27)18-19(26)16(10-14-11-24-20-15(14)4-3-7-23-20)29-21(18)25-8-5-13-6-9-30-17(13)12-25/h3-4,6-7,9-11H,2,5,8,12H2,1H3,(H,23,24)/b16-10-. The number of ether oxygens (including phenoxy) is 2. The van der Waals surface area contributed by atoms with Crippen molar-refractivity contribution in [2.45, 2.75) is 19.9 Å². The van der Waals surface area contributed by atoms with E-state index in [0.717, 1.165) is 23.0 Å². The molecule has 152 valence electrons. The summed E-state index contributed by atoms with van der Waals surface area (Å²) in [4.78, 5) is 36.3. The van der Waals surface area contributed by atoms with Gasteiger partial charge in [0.15, 0.2) is 11.3 Å². The van der Waals surface area contributed by atoms with Crippen molar-refractivity contribution in [1.29, 1.82) is 0 Å². The zero-order valence-electron chi connectivity index (χ0n) is 16.3. The molecule has 0 aromatic carbocycles. The highest BCUT2D eigenvalue weighted by Crippen LogP contribution is 2.34. The highest BCUT2D eigenvalue weighted by molar-refractivity contribution is 7.10. The predicted octanol–water partition coefficient (Wildman–Crippen LogP) is 3.40. The molecule has 30 heavy (non-hydrogen) atoms. The van der Waals surface area contributed by atoms with E-state index in [-0.39, 0.29) is 23.8 Å². The first-order chi connectivity index (χ1) is 14.7. The van der Waals surface area contributed by atoms with Crippen LogP contribution >= 0.6 is 11.3 Å². The molecule has 0 spiro atoms. The molecule has 0 fully saturated rings. The number of Topliss-reactive ketones (excluding diaryl/α,β-unsaturated/α-hetero) is 1. The summed E-state index contributed by atoms with van der Waals surface area (Å²) < 4.78 is 11.2. The molecule has 0 aliphatic carbocycles. The lowest BCUT2D eigenvalue weighted by molar-refractivity contribution is -0.139. The molecular weight excluding hydrogens is 402 g/mol. The fourth-order valence-electron chi connectivity index (χ4n) is 3.77. The van der Waals surface area contributed by atoms with Crippen molar-refractivity contribution in [3.05, 3.63) is 69.2 Å². The number of thiophene rings is 1. The van der Waals surface area contributed by atoms with Gasteiger partial charge in [-0.15, -0.1) is 11.3 Å². The number of aromatic nitrogens is 2. The fraction of sp³-hybridized carbons (Fsp3) is 0.227. The van der Waals surface area contributed by atoms with E-state index in [9.17, 15) is 9.59 Å². The van der Waals surface area contributed by atoms with Gasteiger partial charge in [-0.25, -0.2) is 9.78 Å². The molecule has 3 aromatic heterocycles. The van der Waals surface area contributed by atoms with Gasteiger partial charge in [0.05, 0.1) is 13.2 Å². The van der Waals surface area contributed by atoms with Crippen LogP contribution in [0.3, 0.4) is 0 Å². The van der Waals surface area contributed by atoms with Gasteiger partial charge in [-0.1, -0.05) is 0 Å². The van der Waals surface area contributed by atoms with Gasteiger partial charge in [-0.2, -0.15) is 0 Å². The molecule has 5 rings (SSSR count). The molecule has 3 aromatic rings. The van der Waals surface area contributed by atoms with Crippen LogP contribution in [-0.2, 0) is 32.0 Å². The Labute approximate surface area is 176 Å². The number of aromatic amines is 1. The minimum Gasteiger partial charge on any atom is -0.462 e. The summed E-state index contributed by atoms with van der Waals surface area (Å²) in [5.41, 5.74) is 2.75. The predicted molar refractivity (Wildman–Crippen MR) is 112 cm³/mol. The van der Waals surface area contributed by atoms with Crippen molar-refractivity contribution in [2.24, 2.45) is 0 Å². The molecule has 7 nitrogen and oxygen atoms in total. The van der Waals surface area contributed by atoms with E-state index in [1.807, 2.05) is 17.0 Å². The number of carbonyl (C=O) groups excluding carboxylic acids is 2. The minimum absolute atomic E-state index is 0.0407. The number of nitrogens with one attached hydrogen (secondary N) is 1. The maximum absolute atomic E-state index is 13.1. The lowest BCUT2D eigenvalue weighted by Gasteiger charge is -2.29. The largest absolute Gasteiger partial charge is 0.462 e. The Bertz CT molecular complexity index is 1220. The molecule has 0 bridgehead atoms. The lowest BCUT2D eigenvalue weighted by atomic mass is 10.1. The second kappa shape index (κ2) is 7.46. The van der Waals surface area contributed by atoms with E-state index in [0.29, 0.717) is 13.1 Å². The molecule has 0 radical (unpaired) electrons. The number of esters is 1. The molecule has 0 atom stereocenters. The van der Waals surface area contributed by atoms with Gasteiger partial charge >= 0.3 is 5.97 Å². The minimum atomic E-state index is -0.654. The average Bonchev–Trinajstić information content (AvgIpc) is 3.46. The van der Waals surface area contributed by atoms with Gasteiger partial charge in [-0.3, -0.25) is 4.79 Å². The smallest absolute Gasteiger partial charge is 0.347 e. The first-order valence-electron chi connectivity index (χ1n) is 9.73. The number of allylic oxidation sites excluding steroid dienone is 1. The molecule has 0 saturated carbocycles. The Hall–Kier alpha value is -3.39. The summed E-state index contributed by atoms with van der Waals surface area (Å²) >= 11 is 1.67. The van der Waals surface area contributed by atoms with Gasteiger partial charge in [0.1, 0.15) is 5.65 Å². The number of H-pyrrole nitrogens is 1. The highest BCUT2D eigenvalue weighted by atomic mass is 32.1. The second-order valence-electron chi connectivity index (χ2n) is 7.02. The summed E-state index contributed by atoms with van der Waals surface area (Å²) in [6.45, 7) is 3.17. The van der Waals surface area contributed by atoms with Crippen LogP contribution in [0.2, 0.25) is 0 Å². The monoisotopic (exact) mass is 421 g/mol. The first-order valence-corrected chi connectivity index (χ1v) is 10.6. The van der Waals surface area contributed by atoms with Crippen molar-refractivity contribution < 1.29 is 19.1 Å². The number of pyridine rings is 1. The molecule has 0 amide bonds. The number of hydrogen-bond acceptors (Lipinski definition) is 7. The summed E-state index contributed by atoms with van der Waals surface area (Å²) in [5.74, 6) is -0.728. The average molecular weight is 421 g/mol. The zero-order chi connectivity index (χ0) is 20.7. The van der Waals surface area contributed by atoms with Crippen LogP contribution in [-0.4, -0.2) is 39.8 Å². The third-order valence-corrected chi connectivity index (χ3v) is 6.18. The lowest BCUT2D eigenvalue weighted by Crippen LogP contribution is -2.31. The van der Waals surface area contributed by atoms with Gasteiger partial charge in [0.2, 0.25) is 11.7 Å². The fourth-order valence-corrected chi connectivity index (χ4v) is 4.72. The van der Waals surface area contributed by atoms with E-state index in [4.69, 9.17) is 9.47 Å². The number of ketones is 1. The van der Waals surface area contributed by atoms with Crippen LogP contribution in [0.1, 0.15) is 22.9 Å². The van der Waals surface area contributed by atoms with Crippen molar-refractivity contribution >= 4 is 40.2 Å². The summed E-state index contributed by atoms with van der Waals surface area (Å²) in [5, 5.41) is 2.93. The molecule has 0 saturated heterocycles. The molecule has 2 aliphatic heterocycles. The van der Waals surface area contributed by atoms with Gasteiger partial charge < -0.3 is 19.4 Å². The SMILES string of the molecule is CCOC(=O)C1=C(N2CCc3ccsc3C2)O/C(=C\c2c[nH]c3ncccc23)C1=O. The number of fused-ring (bicyclic) bond motifs is 2. The van der Waals surface area contributed by atoms with E-state index in [1.165, 1.54) is 10.4 Å². The molecular formula is C22H19N3O4S. The summed E-state index contributed by atoms with van der Waals surface area (Å²) in [6.07, 6.45) is 5.95. The van der Waals surface area contributed by atoms with Crippen molar-refractivity contribution in [3.8, 4) is 0 Å². The zero-order valence-corrected chi connectivity index (χ0v) is 17.1. The summed E-state index contributed by atoms with van der Waals surface area (Å²) in [6, 6.07) is 5.86. The third kappa shape index (κ3) is 3.09. The van der Waals surface area contributed by atoms with Crippen molar-refractivity contribution in [1.82, 2.24) is 14.9 Å². The van der Waals surface area contributed by atoms with Gasteiger partial charge in [0.25, 0.3) is 0 Å². The van der Waals surface area contributed by atoms with E-state index in [1.54, 1.807) is 36.7 Å². The maximum atomic E-state index is 13.1. The molecule has 8 heteroatoms. The number of carbonyl (C=O) groups is 2. The Balaban J connectivity index is 1.52. The van der Waals surface area contributed by atoms with E-state index in [2.05, 4.69) is 21.4 Å². The summed E-state index contributed by atoms with van der Waals surface area (Å²) in [7, 11) is 0. The van der Waals surface area contributed by atoms with E-state index < -0.39 is 11.8 Å². The Morgan fingerprint density at radius 3 is 3.20 bits per heavy atom. The Morgan fingerprint density at radius 1 is 1.43 bits per heavy atom. The molecule has 1 N–H and O–H groups in total. The maximum Gasteiger partial charge on any atom is 0.347 e. The van der Waals surface area contributed by atoms with Crippen LogP contribution in [0, 0.1) is 0 Å². The van der Waals surface area contributed by atoms with Crippen molar-refractivity contribution in [3.63, 3.8) is 0 Å². The highest BCUT2D eigenvalue weighted by Gasteiger charge is 2.40. The normalized spacial score (nSPS) is 17.6. The van der Waals surface area contributed by atoms with Crippen LogP contribution in [0.5, 0.6) is 0 Å². The van der Waals surface area contributed by atoms with E-state index >= 15 is 0 Å². The molecule has 2 aliphatic rings. The number of hydrogen-bond donors (Lipinski definition) is 1. The third-order valence-electron chi connectivity index (χ3n) is 5.23. The number of rotatable bonds is 4. The van der Waals surface area contributed by atoms with Gasteiger partial charge in [-0.05, 0) is 48.6 Å². The van der Waals surface area contributed by atoms with Crippen LogP contribution < -0.4 is 0 Å². The molecule has 5 heterocycles. The van der Waals surface area contributed by atoms with Crippen LogP contribution in [0.25, 0.3) is 17.1 Å². The quantitative estimate of drug-likeness (QED) is 0.395. The van der Waals surface area contributed by atoms with Crippen LogP contribution in [0.4, 0.5) is 0 Å². The first kappa shape index (κ1) is 18.6. The Kier molecular flexibility index (Phi) is 4.63. The van der Waals surface area contributed by atoms with Crippen LogP contribution in [0.15, 0.2) is 53.2 Å². The second-order valence-corrected chi connectivity index (χ2v) is 8.03. The van der Waals surface area contributed by atoms with Gasteiger partial charge in [0, 0.05) is 34.8 Å². The molecule has 0 unspecified atom stereocenters.